The van der Waals surface area contributed by atoms with Gasteiger partial charge < -0.3 is 14.8 Å². The minimum absolute atomic E-state index is 0.237. The van der Waals surface area contributed by atoms with Gasteiger partial charge in [-0.2, -0.15) is 0 Å². The number of para-hydroxylation sites is 2. The van der Waals surface area contributed by atoms with Crippen molar-refractivity contribution in [2.45, 2.75) is 13.8 Å². The Bertz CT molecular complexity index is 1230. The van der Waals surface area contributed by atoms with Crippen molar-refractivity contribution in [1.82, 2.24) is 0 Å². The molecule has 0 saturated carbocycles. The molecule has 1 N–H and O–H groups in total. The van der Waals surface area contributed by atoms with E-state index in [9.17, 15) is 14.4 Å². The lowest BCUT2D eigenvalue weighted by atomic mass is 10.1. The summed E-state index contributed by atoms with van der Waals surface area (Å²) in [5.41, 5.74) is 3.37. The summed E-state index contributed by atoms with van der Waals surface area (Å²) in [6.45, 7) is 3.57. The summed E-state index contributed by atoms with van der Waals surface area (Å²) in [6.07, 6.45) is 0. The number of imide groups is 1. The fourth-order valence-corrected chi connectivity index (χ4v) is 3.59. The van der Waals surface area contributed by atoms with Gasteiger partial charge in [-0.1, -0.05) is 24.3 Å². The van der Waals surface area contributed by atoms with Gasteiger partial charge in [-0.3, -0.25) is 14.4 Å². The highest BCUT2D eigenvalue weighted by molar-refractivity contribution is 6.35. The third-order valence-electron chi connectivity index (χ3n) is 5.42. The summed E-state index contributed by atoms with van der Waals surface area (Å²) in [7, 11) is 1.52. The number of ether oxygens (including phenoxy) is 2. The Morgan fingerprint density at radius 3 is 2.38 bits per heavy atom. The minimum atomic E-state index is -0.417. The van der Waals surface area contributed by atoms with Crippen LogP contribution in [0.1, 0.15) is 31.8 Å². The molecule has 32 heavy (non-hydrogen) atoms. The van der Waals surface area contributed by atoms with Crippen molar-refractivity contribution in [2.75, 3.05) is 23.9 Å². The molecule has 0 fully saturated rings. The van der Waals surface area contributed by atoms with Gasteiger partial charge in [0.05, 0.1) is 23.9 Å². The Kier molecular flexibility index (Phi) is 5.64. The van der Waals surface area contributed by atoms with Crippen molar-refractivity contribution in [1.29, 1.82) is 0 Å². The molecule has 1 aliphatic rings. The molecule has 3 aromatic rings. The molecule has 162 valence electrons. The number of anilines is 2. The first-order valence-corrected chi connectivity index (χ1v) is 10.1. The number of carbonyl (C=O) groups is 3. The van der Waals surface area contributed by atoms with Crippen molar-refractivity contribution >= 4 is 29.1 Å². The van der Waals surface area contributed by atoms with Gasteiger partial charge >= 0.3 is 0 Å². The second kappa shape index (κ2) is 8.55. The number of rotatable bonds is 6. The molecule has 0 spiro atoms. The molecule has 7 nitrogen and oxygen atoms in total. The number of hydrogen-bond acceptors (Lipinski definition) is 5. The highest BCUT2D eigenvalue weighted by Gasteiger charge is 2.37. The van der Waals surface area contributed by atoms with Crippen LogP contribution in [0.25, 0.3) is 0 Å². The van der Waals surface area contributed by atoms with Crippen LogP contribution in [0, 0.1) is 13.8 Å². The van der Waals surface area contributed by atoms with Crippen LogP contribution in [-0.2, 0) is 4.79 Å². The predicted molar refractivity (Wildman–Crippen MR) is 121 cm³/mol. The van der Waals surface area contributed by atoms with Gasteiger partial charge in [-0.25, -0.2) is 4.90 Å². The fourth-order valence-electron chi connectivity index (χ4n) is 3.59. The van der Waals surface area contributed by atoms with E-state index in [2.05, 4.69) is 5.32 Å². The normalized spacial score (nSPS) is 12.5. The first kappa shape index (κ1) is 21.1. The minimum Gasteiger partial charge on any atom is -0.493 e. The third-order valence-corrected chi connectivity index (χ3v) is 5.42. The molecule has 1 heterocycles. The van der Waals surface area contributed by atoms with Crippen LogP contribution in [0.2, 0.25) is 0 Å². The zero-order valence-corrected chi connectivity index (χ0v) is 18.0. The van der Waals surface area contributed by atoms with Crippen molar-refractivity contribution in [2.24, 2.45) is 0 Å². The average molecular weight is 430 g/mol. The van der Waals surface area contributed by atoms with Crippen molar-refractivity contribution in [3.8, 4) is 11.5 Å². The summed E-state index contributed by atoms with van der Waals surface area (Å²) in [5, 5.41) is 2.70. The monoisotopic (exact) mass is 430 g/mol. The fraction of sp³-hybridized carbons (Fsp3) is 0.160. The highest BCUT2D eigenvalue weighted by atomic mass is 16.5. The molecule has 3 aromatic carbocycles. The molecule has 0 atom stereocenters. The van der Waals surface area contributed by atoms with Crippen molar-refractivity contribution in [3.63, 3.8) is 0 Å². The number of hydrogen-bond donors (Lipinski definition) is 1. The molecule has 0 saturated heterocycles. The molecule has 0 aromatic heterocycles. The van der Waals surface area contributed by atoms with Gasteiger partial charge in [0.1, 0.15) is 0 Å². The number of carbonyl (C=O) groups excluding carboxylic acids is 3. The summed E-state index contributed by atoms with van der Waals surface area (Å²) in [4.78, 5) is 39.5. The van der Waals surface area contributed by atoms with E-state index in [-0.39, 0.29) is 18.1 Å². The highest BCUT2D eigenvalue weighted by Crippen LogP contribution is 2.33. The largest absolute Gasteiger partial charge is 0.493 e. The smallest absolute Gasteiger partial charge is 0.266 e. The van der Waals surface area contributed by atoms with Crippen LogP contribution in [0.5, 0.6) is 11.5 Å². The summed E-state index contributed by atoms with van der Waals surface area (Å²) in [5.74, 6) is -0.229. The van der Waals surface area contributed by atoms with Gasteiger partial charge in [0.15, 0.2) is 18.1 Å². The Morgan fingerprint density at radius 2 is 1.62 bits per heavy atom. The molecule has 0 bridgehead atoms. The Balaban J connectivity index is 1.50. The van der Waals surface area contributed by atoms with Crippen molar-refractivity contribution in [3.05, 3.63) is 82.9 Å². The molecule has 7 heteroatoms. The maximum absolute atomic E-state index is 13.0. The molecule has 0 unspecified atom stereocenters. The van der Waals surface area contributed by atoms with Crippen LogP contribution in [0.3, 0.4) is 0 Å². The molecular weight excluding hydrogens is 408 g/mol. The topological polar surface area (TPSA) is 84.9 Å². The van der Waals surface area contributed by atoms with E-state index in [1.54, 1.807) is 42.5 Å². The van der Waals surface area contributed by atoms with Crippen LogP contribution >= 0.6 is 0 Å². The maximum atomic E-state index is 13.0. The molecule has 0 radical (unpaired) electrons. The summed E-state index contributed by atoms with van der Waals surface area (Å²) >= 11 is 0. The van der Waals surface area contributed by atoms with E-state index < -0.39 is 11.8 Å². The Morgan fingerprint density at radius 1 is 0.906 bits per heavy atom. The van der Waals surface area contributed by atoms with Crippen LogP contribution < -0.4 is 19.7 Å². The van der Waals surface area contributed by atoms with E-state index in [0.29, 0.717) is 28.4 Å². The molecule has 3 amide bonds. The number of benzene rings is 3. The van der Waals surface area contributed by atoms with E-state index in [4.69, 9.17) is 9.47 Å². The number of aryl methyl sites for hydroxylation is 1. The number of methoxy groups -OCH3 is 1. The third kappa shape index (κ3) is 3.80. The number of nitrogens with one attached hydrogen (secondary N) is 1. The van der Waals surface area contributed by atoms with Crippen LogP contribution in [0.4, 0.5) is 11.4 Å². The van der Waals surface area contributed by atoms with Gasteiger partial charge in [0, 0.05) is 5.69 Å². The first-order chi connectivity index (χ1) is 15.4. The zero-order valence-electron chi connectivity index (χ0n) is 18.0. The molecule has 1 aliphatic heterocycles. The number of amides is 3. The quantitative estimate of drug-likeness (QED) is 0.595. The van der Waals surface area contributed by atoms with E-state index in [1.165, 1.54) is 18.1 Å². The molecular formula is C25H22N2O5. The molecule has 4 rings (SSSR count). The maximum Gasteiger partial charge on any atom is 0.266 e. The summed E-state index contributed by atoms with van der Waals surface area (Å²) < 4.78 is 10.7. The van der Waals surface area contributed by atoms with Crippen LogP contribution in [-0.4, -0.2) is 31.4 Å². The van der Waals surface area contributed by atoms with Gasteiger partial charge in [0.2, 0.25) is 0 Å². The second-order valence-electron chi connectivity index (χ2n) is 7.41. The standard InChI is InChI=1S/C25H22N2O5/c1-15-7-6-8-20(16(15)2)27-24(29)18-12-11-17(13-19(18)25(27)30)26-23(28)14-32-22-10-5-4-9-21(22)31-3/h4-13H,14H2,1-3H3,(H,26,28). The molecule has 0 aliphatic carbocycles. The lowest BCUT2D eigenvalue weighted by Crippen LogP contribution is -2.30. The SMILES string of the molecule is COc1ccccc1OCC(=O)Nc1ccc2c(c1)C(=O)N(c1cccc(C)c1C)C2=O. The summed E-state index contributed by atoms with van der Waals surface area (Å²) in [6, 6.07) is 17.2. The lowest BCUT2D eigenvalue weighted by molar-refractivity contribution is -0.118. The zero-order chi connectivity index (χ0) is 22.8. The Labute approximate surface area is 185 Å². The second-order valence-corrected chi connectivity index (χ2v) is 7.41. The number of fused-ring (bicyclic) bond motifs is 1. The number of nitrogens with zero attached hydrogens (tertiary/aromatic N) is 1. The first-order valence-electron chi connectivity index (χ1n) is 10.1. The predicted octanol–water partition coefficient (Wildman–Crippen LogP) is 4.13. The van der Waals surface area contributed by atoms with E-state index in [1.807, 2.05) is 26.0 Å². The van der Waals surface area contributed by atoms with Gasteiger partial charge in [0.25, 0.3) is 17.7 Å². The lowest BCUT2D eigenvalue weighted by Gasteiger charge is -2.17. The van der Waals surface area contributed by atoms with Gasteiger partial charge in [-0.05, 0) is 61.4 Å². The average Bonchev–Trinajstić information content (AvgIpc) is 3.04. The van der Waals surface area contributed by atoms with Crippen LogP contribution in [0.15, 0.2) is 60.7 Å². The van der Waals surface area contributed by atoms with Gasteiger partial charge in [-0.15, -0.1) is 0 Å². The van der Waals surface area contributed by atoms with Crippen molar-refractivity contribution < 1.29 is 23.9 Å². The Hall–Kier alpha value is -4.13. The van der Waals surface area contributed by atoms with E-state index >= 15 is 0 Å². The van der Waals surface area contributed by atoms with E-state index in [0.717, 1.165) is 11.1 Å².